The fraction of sp³-hybridized carbons (Fsp3) is 0.273. The fourth-order valence-corrected chi connectivity index (χ4v) is 1.78. The molecule has 0 aliphatic rings. The summed E-state index contributed by atoms with van der Waals surface area (Å²) in [7, 11) is 0. The first kappa shape index (κ1) is 10.5. The normalized spacial score (nSPS) is 12.9. The highest BCUT2D eigenvalue weighted by Gasteiger charge is 2.16. The molecular formula is C11H12N2O3. The highest BCUT2D eigenvalue weighted by Crippen LogP contribution is 2.17. The molecule has 1 atom stereocenters. The molecule has 0 aliphatic heterocycles. The summed E-state index contributed by atoms with van der Waals surface area (Å²) in [5.41, 5.74) is 0.909. The second kappa shape index (κ2) is 3.52. The van der Waals surface area contributed by atoms with Crippen LogP contribution in [0.3, 0.4) is 0 Å². The van der Waals surface area contributed by atoms with Gasteiger partial charge in [0.15, 0.2) is 0 Å². The summed E-state index contributed by atoms with van der Waals surface area (Å²) < 4.78 is 1.47. The van der Waals surface area contributed by atoms with Gasteiger partial charge in [0.25, 0.3) is 5.56 Å². The van der Waals surface area contributed by atoms with Crippen molar-refractivity contribution in [2.24, 2.45) is 0 Å². The summed E-state index contributed by atoms with van der Waals surface area (Å²) >= 11 is 0. The second-order valence-corrected chi connectivity index (χ2v) is 3.82. The molecule has 0 bridgehead atoms. The topological polar surface area (TPSA) is 75.1 Å². The van der Waals surface area contributed by atoms with Crippen LogP contribution in [0, 0.1) is 6.92 Å². The number of hydrogen-bond acceptors (Lipinski definition) is 2. The number of carbonyl (C=O) groups is 1. The minimum absolute atomic E-state index is 0.256. The van der Waals surface area contributed by atoms with E-state index >= 15 is 0 Å². The molecule has 0 spiro atoms. The zero-order valence-corrected chi connectivity index (χ0v) is 9.02. The first-order valence-electron chi connectivity index (χ1n) is 4.94. The Morgan fingerprint density at radius 3 is 2.88 bits per heavy atom. The van der Waals surface area contributed by atoms with Crippen molar-refractivity contribution in [1.82, 2.24) is 9.55 Å². The molecule has 0 radical (unpaired) electrons. The number of aromatic amines is 1. The minimum atomic E-state index is -0.961. The Hall–Kier alpha value is -2.04. The number of hydrogen-bond donors (Lipinski definition) is 2. The summed E-state index contributed by atoms with van der Waals surface area (Å²) in [6.45, 7) is 3.33. The molecule has 2 heterocycles. The molecule has 0 aromatic carbocycles. The van der Waals surface area contributed by atoms with Gasteiger partial charge < -0.3 is 14.7 Å². The van der Waals surface area contributed by atoms with Crippen LogP contribution in [0.15, 0.2) is 23.1 Å². The van der Waals surface area contributed by atoms with Gasteiger partial charge in [-0.05, 0) is 26.0 Å². The summed E-state index contributed by atoms with van der Waals surface area (Å²) in [6, 6.07) is 2.82. The predicted molar refractivity (Wildman–Crippen MR) is 59.6 cm³/mol. The van der Waals surface area contributed by atoms with Gasteiger partial charge in [0.05, 0.1) is 0 Å². The van der Waals surface area contributed by atoms with Gasteiger partial charge in [-0.2, -0.15) is 0 Å². The van der Waals surface area contributed by atoms with E-state index < -0.39 is 12.0 Å². The highest BCUT2D eigenvalue weighted by atomic mass is 16.4. The lowest BCUT2D eigenvalue weighted by atomic mass is 10.2. The molecule has 0 fully saturated rings. The van der Waals surface area contributed by atoms with E-state index in [-0.39, 0.29) is 5.56 Å². The quantitative estimate of drug-likeness (QED) is 0.800. The van der Waals surface area contributed by atoms with E-state index in [9.17, 15) is 9.59 Å². The van der Waals surface area contributed by atoms with E-state index in [1.165, 1.54) is 4.57 Å². The number of aliphatic carboxylic acids is 1. The summed E-state index contributed by atoms with van der Waals surface area (Å²) in [4.78, 5) is 25.3. The molecular weight excluding hydrogens is 208 g/mol. The van der Waals surface area contributed by atoms with Crippen molar-refractivity contribution in [3.8, 4) is 0 Å². The summed E-state index contributed by atoms with van der Waals surface area (Å²) in [5.74, 6) is -0.961. The lowest BCUT2D eigenvalue weighted by Crippen LogP contribution is -2.19. The number of fused-ring (bicyclic) bond motifs is 1. The number of pyridine rings is 1. The molecule has 5 heteroatoms. The van der Waals surface area contributed by atoms with Crippen LogP contribution in [-0.4, -0.2) is 20.6 Å². The van der Waals surface area contributed by atoms with Crippen LogP contribution >= 0.6 is 0 Å². The molecule has 0 aliphatic carbocycles. The van der Waals surface area contributed by atoms with Crippen LogP contribution < -0.4 is 5.56 Å². The van der Waals surface area contributed by atoms with Gasteiger partial charge in [0.2, 0.25) is 0 Å². The molecule has 2 rings (SSSR count). The highest BCUT2D eigenvalue weighted by molar-refractivity contribution is 5.82. The minimum Gasteiger partial charge on any atom is -0.480 e. The first-order valence-corrected chi connectivity index (χ1v) is 4.94. The zero-order chi connectivity index (χ0) is 11.9. The Morgan fingerprint density at radius 1 is 1.56 bits per heavy atom. The van der Waals surface area contributed by atoms with E-state index in [1.807, 2.05) is 6.07 Å². The van der Waals surface area contributed by atoms with Crippen LogP contribution in [0.4, 0.5) is 0 Å². The number of nitrogens with zero attached hydrogens (tertiary/aromatic N) is 1. The second-order valence-electron chi connectivity index (χ2n) is 3.82. The SMILES string of the molecule is Cc1cc2ccn(C(C)C(=O)O)c2c(=O)[nH]1. The van der Waals surface area contributed by atoms with Gasteiger partial charge in [-0.25, -0.2) is 4.79 Å². The Kier molecular flexibility index (Phi) is 2.30. The maximum Gasteiger partial charge on any atom is 0.326 e. The van der Waals surface area contributed by atoms with E-state index in [2.05, 4.69) is 4.98 Å². The van der Waals surface area contributed by atoms with E-state index in [0.717, 1.165) is 11.1 Å². The standard InChI is InChI=1S/C11H12N2O3/c1-6-5-8-3-4-13(7(2)11(15)16)9(8)10(14)12-6/h3-5,7H,1-2H3,(H,12,14)(H,15,16). The maximum atomic E-state index is 11.7. The van der Waals surface area contributed by atoms with Crippen LogP contribution in [0.2, 0.25) is 0 Å². The lowest BCUT2D eigenvalue weighted by Gasteiger charge is -2.09. The number of aromatic nitrogens is 2. The zero-order valence-electron chi connectivity index (χ0n) is 9.02. The Labute approximate surface area is 91.3 Å². The molecule has 5 nitrogen and oxygen atoms in total. The molecule has 2 N–H and O–H groups in total. The van der Waals surface area contributed by atoms with Gasteiger partial charge in [0, 0.05) is 17.3 Å². The smallest absolute Gasteiger partial charge is 0.326 e. The average Bonchev–Trinajstić information content (AvgIpc) is 2.59. The summed E-state index contributed by atoms with van der Waals surface area (Å²) in [6.07, 6.45) is 1.62. The number of carboxylic acids is 1. The van der Waals surface area contributed by atoms with Crippen molar-refractivity contribution in [3.05, 3.63) is 34.4 Å². The molecule has 2 aromatic rings. The van der Waals surface area contributed by atoms with Crippen LogP contribution in [0.5, 0.6) is 0 Å². The van der Waals surface area contributed by atoms with Crippen LogP contribution in [-0.2, 0) is 4.79 Å². The van der Waals surface area contributed by atoms with E-state index in [4.69, 9.17) is 5.11 Å². The van der Waals surface area contributed by atoms with Crippen molar-refractivity contribution in [2.45, 2.75) is 19.9 Å². The Balaban J connectivity index is 2.74. The molecule has 1 unspecified atom stereocenters. The third-order valence-electron chi connectivity index (χ3n) is 2.62. The fourth-order valence-electron chi connectivity index (χ4n) is 1.78. The Morgan fingerprint density at radius 2 is 2.25 bits per heavy atom. The molecule has 84 valence electrons. The summed E-state index contributed by atoms with van der Waals surface area (Å²) in [5, 5.41) is 9.68. The van der Waals surface area contributed by atoms with Gasteiger partial charge in [0.1, 0.15) is 11.6 Å². The van der Waals surface area contributed by atoms with Crippen molar-refractivity contribution < 1.29 is 9.90 Å². The van der Waals surface area contributed by atoms with Crippen molar-refractivity contribution in [2.75, 3.05) is 0 Å². The van der Waals surface area contributed by atoms with Gasteiger partial charge in [-0.15, -0.1) is 0 Å². The van der Waals surface area contributed by atoms with E-state index in [1.54, 1.807) is 26.1 Å². The Bertz CT molecular complexity index is 609. The third kappa shape index (κ3) is 1.50. The van der Waals surface area contributed by atoms with Crippen LogP contribution in [0.25, 0.3) is 10.9 Å². The largest absolute Gasteiger partial charge is 0.480 e. The van der Waals surface area contributed by atoms with E-state index in [0.29, 0.717) is 5.52 Å². The molecule has 0 saturated carbocycles. The monoisotopic (exact) mass is 220 g/mol. The molecule has 0 amide bonds. The number of aryl methyl sites for hydroxylation is 1. The molecule has 2 aromatic heterocycles. The predicted octanol–water partition coefficient (Wildman–Crippen LogP) is 1.28. The van der Waals surface area contributed by atoms with Gasteiger partial charge >= 0.3 is 5.97 Å². The number of nitrogens with one attached hydrogen (secondary N) is 1. The van der Waals surface area contributed by atoms with Crippen molar-refractivity contribution >= 4 is 16.9 Å². The average molecular weight is 220 g/mol. The van der Waals surface area contributed by atoms with Crippen molar-refractivity contribution in [1.29, 1.82) is 0 Å². The number of rotatable bonds is 2. The lowest BCUT2D eigenvalue weighted by molar-refractivity contribution is -0.140. The van der Waals surface area contributed by atoms with Gasteiger partial charge in [-0.1, -0.05) is 0 Å². The first-order chi connectivity index (χ1) is 7.50. The molecule has 16 heavy (non-hydrogen) atoms. The maximum absolute atomic E-state index is 11.7. The van der Waals surface area contributed by atoms with Gasteiger partial charge in [-0.3, -0.25) is 4.79 Å². The van der Waals surface area contributed by atoms with Crippen molar-refractivity contribution in [3.63, 3.8) is 0 Å². The number of H-pyrrole nitrogens is 1. The third-order valence-corrected chi connectivity index (χ3v) is 2.62. The number of carboxylic acid groups (broad SMARTS) is 1. The van der Waals surface area contributed by atoms with Crippen LogP contribution in [0.1, 0.15) is 18.7 Å². The molecule has 0 saturated heterocycles.